The van der Waals surface area contributed by atoms with Crippen LogP contribution in [0.2, 0.25) is 0 Å². The minimum absolute atomic E-state index is 0.798. The lowest BCUT2D eigenvalue weighted by atomic mass is 10.1. The van der Waals surface area contributed by atoms with Gasteiger partial charge in [-0.3, -0.25) is 0 Å². The van der Waals surface area contributed by atoms with Gasteiger partial charge < -0.3 is 5.01 Å². The van der Waals surface area contributed by atoms with Crippen LogP contribution in [0.15, 0.2) is 43.1 Å². The summed E-state index contributed by atoms with van der Waals surface area (Å²) in [4.78, 5) is 0. The highest BCUT2D eigenvalue weighted by atomic mass is 15.5. The molecule has 2 nitrogen and oxygen atoms in total. The number of nitrogens with one attached hydrogen (secondary N) is 1. The first kappa shape index (κ1) is 9.03. The molecule has 1 aliphatic heterocycles. The van der Waals surface area contributed by atoms with Gasteiger partial charge in [0.2, 0.25) is 0 Å². The highest BCUT2D eigenvalue weighted by molar-refractivity contribution is 5.55. The predicted molar refractivity (Wildman–Crippen MR) is 59.2 cm³/mol. The maximum Gasteiger partial charge on any atom is 0.0594 e. The molecule has 0 unspecified atom stereocenters. The number of hydrogen-bond donors (Lipinski definition) is 1. The van der Waals surface area contributed by atoms with Gasteiger partial charge in [-0.2, -0.15) is 0 Å². The summed E-state index contributed by atoms with van der Waals surface area (Å²) in [6.45, 7) is 5.39. The second-order valence-electron chi connectivity index (χ2n) is 3.29. The summed E-state index contributed by atoms with van der Waals surface area (Å²) >= 11 is 0. The van der Waals surface area contributed by atoms with E-state index in [1.54, 1.807) is 0 Å². The van der Waals surface area contributed by atoms with Crippen LogP contribution in [0.1, 0.15) is 11.1 Å². The lowest BCUT2D eigenvalue weighted by molar-refractivity contribution is 0.274. The van der Waals surface area contributed by atoms with Crippen molar-refractivity contribution >= 4 is 6.08 Å². The number of fused-ring (bicyclic) bond motifs is 1. The van der Waals surface area contributed by atoms with Crippen LogP contribution in [-0.2, 0) is 6.54 Å². The smallest absolute Gasteiger partial charge is 0.0594 e. The van der Waals surface area contributed by atoms with Gasteiger partial charge in [0.15, 0.2) is 0 Å². The van der Waals surface area contributed by atoms with Crippen LogP contribution in [-0.4, -0.2) is 11.6 Å². The van der Waals surface area contributed by atoms with Gasteiger partial charge in [-0.25, -0.2) is 5.43 Å². The average Bonchev–Trinajstić information content (AvgIpc) is 2.26. The Labute approximate surface area is 84.5 Å². The van der Waals surface area contributed by atoms with Gasteiger partial charge in [0, 0.05) is 12.7 Å². The number of hydrazine groups is 1. The summed E-state index contributed by atoms with van der Waals surface area (Å²) in [6, 6.07) is 8.43. The van der Waals surface area contributed by atoms with E-state index < -0.39 is 0 Å². The van der Waals surface area contributed by atoms with E-state index in [1.165, 1.54) is 11.1 Å². The third-order valence-corrected chi connectivity index (χ3v) is 2.27. The van der Waals surface area contributed by atoms with Crippen LogP contribution in [0.3, 0.4) is 0 Å². The zero-order chi connectivity index (χ0) is 9.80. The quantitative estimate of drug-likeness (QED) is 0.728. The fourth-order valence-corrected chi connectivity index (χ4v) is 1.54. The van der Waals surface area contributed by atoms with Crippen LogP contribution in [0.5, 0.6) is 0 Å². The van der Waals surface area contributed by atoms with Gasteiger partial charge in [-0.05, 0) is 17.2 Å². The molecule has 1 aromatic carbocycles. The molecule has 1 N–H and O–H groups in total. The molecule has 2 heteroatoms. The highest BCUT2D eigenvalue weighted by Crippen LogP contribution is 2.17. The Morgan fingerprint density at radius 2 is 2.29 bits per heavy atom. The topological polar surface area (TPSA) is 15.3 Å². The zero-order valence-corrected chi connectivity index (χ0v) is 8.11. The molecule has 0 aromatic heterocycles. The normalized spacial score (nSPS) is 13.9. The van der Waals surface area contributed by atoms with Crippen molar-refractivity contribution in [3.8, 4) is 0 Å². The average molecular weight is 186 g/mol. The Morgan fingerprint density at radius 1 is 1.43 bits per heavy atom. The molecule has 0 bridgehead atoms. The van der Waals surface area contributed by atoms with E-state index in [-0.39, 0.29) is 0 Å². The Kier molecular flexibility index (Phi) is 2.65. The summed E-state index contributed by atoms with van der Waals surface area (Å²) in [5, 5.41) is 2.07. The van der Waals surface area contributed by atoms with E-state index in [2.05, 4.69) is 53.6 Å². The lowest BCUT2D eigenvalue weighted by Crippen LogP contribution is -2.34. The molecular formula is C12H14N2. The van der Waals surface area contributed by atoms with Crippen LogP contribution >= 0.6 is 0 Å². The molecule has 0 aliphatic carbocycles. The van der Waals surface area contributed by atoms with Gasteiger partial charge >= 0.3 is 0 Å². The highest BCUT2D eigenvalue weighted by Gasteiger charge is 2.07. The summed E-state index contributed by atoms with van der Waals surface area (Å²) in [6.07, 6.45) is 6.04. The van der Waals surface area contributed by atoms with Crippen LogP contribution in [0.4, 0.5) is 0 Å². The number of benzene rings is 1. The van der Waals surface area contributed by atoms with Crippen molar-refractivity contribution in [1.29, 1.82) is 0 Å². The molecule has 1 aliphatic rings. The third kappa shape index (κ3) is 1.86. The molecule has 0 amide bonds. The third-order valence-electron chi connectivity index (χ3n) is 2.27. The standard InChI is InChI=1S/C12H14N2/c1-2-8-13-14-9-7-11-5-3-4-6-12(11)10-14/h2-7,9,13H,1,8,10H2. The van der Waals surface area contributed by atoms with Crippen molar-refractivity contribution in [2.24, 2.45) is 0 Å². The van der Waals surface area contributed by atoms with Crippen molar-refractivity contribution in [3.05, 3.63) is 54.2 Å². The molecule has 0 radical (unpaired) electrons. The molecular weight excluding hydrogens is 172 g/mol. The number of hydrogen-bond acceptors (Lipinski definition) is 2. The van der Waals surface area contributed by atoms with Gasteiger partial charge in [-0.15, -0.1) is 6.58 Å². The maximum absolute atomic E-state index is 3.68. The van der Waals surface area contributed by atoms with E-state index in [0.29, 0.717) is 0 Å². The molecule has 0 fully saturated rings. The molecule has 72 valence electrons. The van der Waals surface area contributed by atoms with E-state index >= 15 is 0 Å². The Balaban J connectivity index is 2.09. The molecule has 1 aromatic rings. The molecule has 0 spiro atoms. The molecule has 14 heavy (non-hydrogen) atoms. The van der Waals surface area contributed by atoms with Gasteiger partial charge in [0.25, 0.3) is 0 Å². The Morgan fingerprint density at radius 3 is 3.14 bits per heavy atom. The maximum atomic E-state index is 3.68. The fourth-order valence-electron chi connectivity index (χ4n) is 1.54. The molecule has 0 atom stereocenters. The molecule has 0 saturated carbocycles. The van der Waals surface area contributed by atoms with Gasteiger partial charge in [0.05, 0.1) is 6.54 Å². The lowest BCUT2D eigenvalue weighted by Gasteiger charge is -2.25. The second-order valence-corrected chi connectivity index (χ2v) is 3.29. The Hall–Kier alpha value is -1.54. The zero-order valence-electron chi connectivity index (χ0n) is 8.11. The molecule has 2 rings (SSSR count). The summed E-state index contributed by atoms with van der Waals surface area (Å²) in [7, 11) is 0. The van der Waals surface area contributed by atoms with Crippen molar-refractivity contribution in [1.82, 2.24) is 10.4 Å². The molecule has 0 saturated heterocycles. The van der Waals surface area contributed by atoms with E-state index in [4.69, 9.17) is 0 Å². The first-order valence-electron chi connectivity index (χ1n) is 4.77. The summed E-state index contributed by atoms with van der Waals surface area (Å²) < 4.78 is 0. The number of nitrogens with zero attached hydrogens (tertiary/aromatic N) is 1. The van der Waals surface area contributed by atoms with E-state index in [9.17, 15) is 0 Å². The molecule has 1 heterocycles. The largest absolute Gasteiger partial charge is 0.311 e. The van der Waals surface area contributed by atoms with Crippen molar-refractivity contribution in [3.63, 3.8) is 0 Å². The van der Waals surface area contributed by atoms with Crippen molar-refractivity contribution in [2.45, 2.75) is 6.54 Å². The summed E-state index contributed by atoms with van der Waals surface area (Å²) in [5.41, 5.74) is 5.90. The van der Waals surface area contributed by atoms with Gasteiger partial charge in [0.1, 0.15) is 0 Å². The van der Waals surface area contributed by atoms with Crippen LogP contribution in [0.25, 0.3) is 6.08 Å². The Bertz CT molecular complexity index is 355. The van der Waals surface area contributed by atoms with Crippen LogP contribution < -0.4 is 5.43 Å². The minimum atomic E-state index is 0.798. The van der Waals surface area contributed by atoms with Gasteiger partial charge in [-0.1, -0.05) is 30.3 Å². The SMILES string of the molecule is C=CCNN1C=Cc2ccccc2C1. The van der Waals surface area contributed by atoms with E-state index in [0.717, 1.165) is 13.1 Å². The minimum Gasteiger partial charge on any atom is -0.311 e. The van der Waals surface area contributed by atoms with Crippen molar-refractivity contribution < 1.29 is 0 Å². The first-order valence-corrected chi connectivity index (χ1v) is 4.77. The number of rotatable bonds is 3. The summed E-state index contributed by atoms with van der Waals surface area (Å²) in [5.74, 6) is 0. The van der Waals surface area contributed by atoms with Crippen molar-refractivity contribution in [2.75, 3.05) is 6.54 Å². The predicted octanol–water partition coefficient (Wildman–Crippen LogP) is 2.16. The first-order chi connectivity index (χ1) is 6.90. The van der Waals surface area contributed by atoms with E-state index in [1.807, 2.05) is 6.08 Å². The fraction of sp³-hybridized carbons (Fsp3) is 0.167. The second kappa shape index (κ2) is 4.11. The van der Waals surface area contributed by atoms with Crippen LogP contribution in [0, 0.1) is 0 Å². The monoisotopic (exact) mass is 186 g/mol.